The molecule has 0 aliphatic rings. The third-order valence-electron chi connectivity index (χ3n) is 1.62. The fourth-order valence-electron chi connectivity index (χ4n) is 0.967. The summed E-state index contributed by atoms with van der Waals surface area (Å²) in [7, 11) is 0. The second-order valence-electron chi connectivity index (χ2n) is 2.64. The van der Waals surface area contributed by atoms with Crippen LogP contribution in [0.2, 0.25) is 0 Å². The van der Waals surface area contributed by atoms with E-state index in [1.807, 2.05) is 6.26 Å². The number of carboxylic acid groups (broad SMARTS) is 1. The highest BCUT2D eigenvalue weighted by molar-refractivity contribution is 7.98. The van der Waals surface area contributed by atoms with E-state index in [0.717, 1.165) is 18.7 Å². The smallest absolute Gasteiger partial charge is 0.338 e. The summed E-state index contributed by atoms with van der Waals surface area (Å²) in [5.74, 6) is 0.151. The Morgan fingerprint density at radius 1 is 1.77 bits per heavy atom. The first-order chi connectivity index (χ1) is 6.24. The Hall–Kier alpha value is -0.970. The largest absolute Gasteiger partial charge is 0.478 e. The molecule has 1 N–H and O–H groups in total. The second-order valence-corrected chi connectivity index (χ2v) is 3.63. The molecule has 13 heavy (non-hydrogen) atoms. The Kier molecular flexibility index (Phi) is 3.82. The topological polar surface area (TPSA) is 55.1 Å². The number of carboxylic acids is 1. The van der Waals surface area contributed by atoms with Gasteiger partial charge in [0.1, 0.15) is 0 Å². The standard InChI is InChI=1S/C8H12N2O2S/c1-13-4-2-3-10-6-7(5-9-10)8(11)12/h5-6H,2-4H2,1H3,(H,11,12). The molecule has 1 aromatic heterocycles. The van der Waals surface area contributed by atoms with Crippen molar-refractivity contribution in [2.75, 3.05) is 12.0 Å². The van der Waals surface area contributed by atoms with E-state index in [1.165, 1.54) is 6.20 Å². The van der Waals surface area contributed by atoms with Crippen LogP contribution in [0.1, 0.15) is 16.8 Å². The Morgan fingerprint density at radius 3 is 3.08 bits per heavy atom. The molecule has 0 bridgehead atoms. The van der Waals surface area contributed by atoms with Crippen LogP contribution in [-0.4, -0.2) is 32.9 Å². The quantitative estimate of drug-likeness (QED) is 0.729. The molecule has 1 rings (SSSR count). The van der Waals surface area contributed by atoms with Gasteiger partial charge in [-0.05, 0) is 18.4 Å². The van der Waals surface area contributed by atoms with Gasteiger partial charge in [-0.25, -0.2) is 4.79 Å². The maximum Gasteiger partial charge on any atom is 0.338 e. The zero-order valence-corrected chi connectivity index (χ0v) is 8.25. The van der Waals surface area contributed by atoms with Crippen LogP contribution in [0.5, 0.6) is 0 Å². The molecule has 0 aliphatic carbocycles. The third-order valence-corrected chi connectivity index (χ3v) is 2.31. The van der Waals surface area contributed by atoms with Gasteiger partial charge in [0, 0.05) is 12.7 Å². The van der Waals surface area contributed by atoms with Crippen molar-refractivity contribution in [3.63, 3.8) is 0 Å². The summed E-state index contributed by atoms with van der Waals surface area (Å²) in [6.45, 7) is 0.786. The molecule has 1 heterocycles. The SMILES string of the molecule is CSCCCn1cc(C(=O)O)cn1. The lowest BCUT2D eigenvalue weighted by molar-refractivity contribution is 0.0697. The number of hydrogen-bond donors (Lipinski definition) is 1. The highest BCUT2D eigenvalue weighted by Gasteiger charge is 2.04. The van der Waals surface area contributed by atoms with E-state index >= 15 is 0 Å². The summed E-state index contributed by atoms with van der Waals surface area (Å²) in [5.41, 5.74) is 0.254. The normalized spacial score (nSPS) is 10.2. The van der Waals surface area contributed by atoms with E-state index < -0.39 is 5.97 Å². The van der Waals surface area contributed by atoms with Gasteiger partial charge in [0.2, 0.25) is 0 Å². The lowest BCUT2D eigenvalue weighted by Crippen LogP contribution is -1.99. The minimum atomic E-state index is -0.920. The maximum atomic E-state index is 10.5. The number of nitrogens with zero attached hydrogens (tertiary/aromatic N) is 2. The summed E-state index contributed by atoms with van der Waals surface area (Å²) in [5, 5.41) is 12.5. The Labute approximate surface area is 80.9 Å². The number of aromatic carboxylic acids is 1. The molecule has 0 aromatic carbocycles. The van der Waals surface area contributed by atoms with E-state index in [0.29, 0.717) is 0 Å². The molecule has 0 saturated heterocycles. The average molecular weight is 200 g/mol. The van der Waals surface area contributed by atoms with Crippen LogP contribution in [0.25, 0.3) is 0 Å². The van der Waals surface area contributed by atoms with Gasteiger partial charge in [0.05, 0.1) is 11.8 Å². The van der Waals surface area contributed by atoms with Crippen LogP contribution in [0, 0.1) is 0 Å². The zero-order chi connectivity index (χ0) is 9.68. The van der Waals surface area contributed by atoms with Crippen LogP contribution < -0.4 is 0 Å². The van der Waals surface area contributed by atoms with Crippen LogP contribution in [0.3, 0.4) is 0 Å². The van der Waals surface area contributed by atoms with Crippen LogP contribution in [0.4, 0.5) is 0 Å². The minimum Gasteiger partial charge on any atom is -0.478 e. The van der Waals surface area contributed by atoms with E-state index in [-0.39, 0.29) is 5.56 Å². The molecule has 0 atom stereocenters. The van der Waals surface area contributed by atoms with Crippen LogP contribution >= 0.6 is 11.8 Å². The molecule has 4 nitrogen and oxygen atoms in total. The predicted octanol–water partition coefficient (Wildman–Crippen LogP) is 1.33. The molecule has 0 radical (unpaired) electrons. The van der Waals surface area contributed by atoms with Gasteiger partial charge in [-0.1, -0.05) is 0 Å². The summed E-state index contributed by atoms with van der Waals surface area (Å²) in [4.78, 5) is 10.5. The second kappa shape index (κ2) is 4.91. The number of thioether (sulfide) groups is 1. The van der Waals surface area contributed by atoms with Gasteiger partial charge in [0.25, 0.3) is 0 Å². The lowest BCUT2D eigenvalue weighted by atomic mass is 10.4. The van der Waals surface area contributed by atoms with Crippen molar-refractivity contribution in [2.45, 2.75) is 13.0 Å². The van der Waals surface area contributed by atoms with Gasteiger partial charge in [-0.3, -0.25) is 4.68 Å². The summed E-state index contributed by atoms with van der Waals surface area (Å²) < 4.78 is 1.67. The van der Waals surface area contributed by atoms with Gasteiger partial charge in [0.15, 0.2) is 0 Å². The van der Waals surface area contributed by atoms with Crippen molar-refractivity contribution >= 4 is 17.7 Å². The number of aryl methyl sites for hydroxylation is 1. The first-order valence-corrected chi connectivity index (χ1v) is 5.38. The molecule has 0 aliphatic heterocycles. The fraction of sp³-hybridized carbons (Fsp3) is 0.500. The number of rotatable bonds is 5. The van der Waals surface area contributed by atoms with Gasteiger partial charge >= 0.3 is 5.97 Å². The zero-order valence-electron chi connectivity index (χ0n) is 7.43. The fourth-order valence-corrected chi connectivity index (χ4v) is 1.38. The molecule has 0 spiro atoms. The van der Waals surface area contributed by atoms with Gasteiger partial charge < -0.3 is 5.11 Å². The number of aromatic nitrogens is 2. The van der Waals surface area contributed by atoms with Crippen molar-refractivity contribution in [1.29, 1.82) is 0 Å². The molecular formula is C8H12N2O2S. The molecule has 1 aromatic rings. The third kappa shape index (κ3) is 3.10. The van der Waals surface area contributed by atoms with Crippen molar-refractivity contribution in [3.05, 3.63) is 18.0 Å². The van der Waals surface area contributed by atoms with Crippen molar-refractivity contribution in [3.8, 4) is 0 Å². The molecule has 5 heteroatoms. The first kappa shape index (κ1) is 10.1. The molecule has 72 valence electrons. The van der Waals surface area contributed by atoms with E-state index in [2.05, 4.69) is 5.10 Å². The van der Waals surface area contributed by atoms with Crippen LogP contribution in [-0.2, 0) is 6.54 Å². The molecule has 0 saturated carbocycles. The Morgan fingerprint density at radius 2 is 2.54 bits per heavy atom. The highest BCUT2D eigenvalue weighted by Crippen LogP contribution is 2.01. The van der Waals surface area contributed by atoms with Gasteiger partial charge in [-0.2, -0.15) is 16.9 Å². The van der Waals surface area contributed by atoms with E-state index in [1.54, 1.807) is 22.6 Å². The van der Waals surface area contributed by atoms with E-state index in [4.69, 9.17) is 5.11 Å². The molecule has 0 unspecified atom stereocenters. The minimum absolute atomic E-state index is 0.254. The number of hydrogen-bond acceptors (Lipinski definition) is 3. The first-order valence-electron chi connectivity index (χ1n) is 3.98. The van der Waals surface area contributed by atoms with Crippen LogP contribution in [0.15, 0.2) is 12.4 Å². The monoisotopic (exact) mass is 200 g/mol. The Bertz CT molecular complexity index is 285. The molecular weight excluding hydrogens is 188 g/mol. The maximum absolute atomic E-state index is 10.5. The summed E-state index contributed by atoms with van der Waals surface area (Å²) in [6, 6.07) is 0. The molecule has 0 amide bonds. The summed E-state index contributed by atoms with van der Waals surface area (Å²) in [6.07, 6.45) is 6.00. The average Bonchev–Trinajstić information content (AvgIpc) is 2.53. The number of carbonyl (C=O) groups is 1. The highest BCUT2D eigenvalue weighted by atomic mass is 32.2. The van der Waals surface area contributed by atoms with Gasteiger partial charge in [-0.15, -0.1) is 0 Å². The lowest BCUT2D eigenvalue weighted by Gasteiger charge is -1.98. The molecule has 0 fully saturated rings. The van der Waals surface area contributed by atoms with Crippen molar-refractivity contribution in [1.82, 2.24) is 9.78 Å². The Balaban J connectivity index is 2.44. The van der Waals surface area contributed by atoms with Crippen molar-refractivity contribution < 1.29 is 9.90 Å². The summed E-state index contributed by atoms with van der Waals surface area (Å²) >= 11 is 1.78. The predicted molar refractivity (Wildman–Crippen MR) is 52.2 cm³/mol. The van der Waals surface area contributed by atoms with E-state index in [9.17, 15) is 4.79 Å². The van der Waals surface area contributed by atoms with Crippen molar-refractivity contribution in [2.24, 2.45) is 0 Å².